The monoisotopic (exact) mass is 315 g/mol. The number of hydrogen-bond acceptors (Lipinski definition) is 4. The number of likely N-dealkylation sites (tertiary alicyclic amines) is 1. The Bertz CT molecular complexity index is 720. The van der Waals surface area contributed by atoms with Crippen LogP contribution in [0.4, 0.5) is 4.79 Å². The number of carboxylic acids is 1. The van der Waals surface area contributed by atoms with Crippen LogP contribution in [0.2, 0.25) is 0 Å². The number of nitrogens with zero attached hydrogens (tertiary/aromatic N) is 5. The quantitative estimate of drug-likeness (QED) is 0.494. The van der Waals surface area contributed by atoms with Crippen molar-refractivity contribution in [1.29, 1.82) is 5.26 Å². The van der Waals surface area contributed by atoms with Gasteiger partial charge in [-0.3, -0.25) is 4.90 Å². The fraction of sp³-hybridized carbons (Fsp3) is 0.357. The molecule has 0 radical (unpaired) electrons. The van der Waals surface area contributed by atoms with E-state index in [9.17, 15) is 19.8 Å². The Morgan fingerprint density at radius 3 is 2.57 bits per heavy atom. The molecule has 1 heterocycles. The zero-order chi connectivity index (χ0) is 17.0. The summed E-state index contributed by atoms with van der Waals surface area (Å²) in [5, 5.41) is 31.2. The molecule has 0 spiro atoms. The predicted molar refractivity (Wildman–Crippen MR) is 77.5 cm³/mol. The molecule has 1 aromatic carbocycles. The number of azide groups is 1. The van der Waals surface area contributed by atoms with E-state index in [1.807, 2.05) is 6.07 Å². The van der Waals surface area contributed by atoms with Crippen LogP contribution in [0.15, 0.2) is 29.4 Å². The average molecular weight is 315 g/mol. The van der Waals surface area contributed by atoms with Gasteiger partial charge in [0.25, 0.3) is 0 Å². The molecule has 9 nitrogen and oxygen atoms in total. The smallest absolute Gasteiger partial charge is 0.408 e. The molecule has 0 saturated carbocycles. The topological polar surface area (TPSA) is 150 Å². The van der Waals surface area contributed by atoms with Crippen molar-refractivity contribution < 1.29 is 19.8 Å². The number of hydrogen-bond donors (Lipinski definition) is 2. The number of carbonyl (C=O) groups is 2. The molecule has 1 aromatic rings. The fourth-order valence-electron chi connectivity index (χ4n) is 2.84. The molecule has 2 N–H and O–H groups in total. The molecule has 1 saturated heterocycles. The zero-order valence-electron chi connectivity index (χ0n) is 12.0. The van der Waals surface area contributed by atoms with Crippen molar-refractivity contribution in [3.05, 3.63) is 45.8 Å². The van der Waals surface area contributed by atoms with E-state index in [0.717, 1.165) is 4.90 Å². The Hall–Kier alpha value is -3.24. The van der Waals surface area contributed by atoms with Crippen molar-refractivity contribution in [3.8, 4) is 6.07 Å². The molecule has 9 heteroatoms. The van der Waals surface area contributed by atoms with Crippen LogP contribution in [0, 0.1) is 11.3 Å². The van der Waals surface area contributed by atoms with E-state index in [1.54, 1.807) is 12.1 Å². The molecule has 1 fully saturated rings. The maximum Gasteiger partial charge on any atom is 0.408 e. The van der Waals surface area contributed by atoms with Crippen LogP contribution in [0.3, 0.4) is 0 Å². The largest absolute Gasteiger partial charge is 0.479 e. The molecule has 0 bridgehead atoms. The molecular formula is C14H13N5O4. The summed E-state index contributed by atoms with van der Waals surface area (Å²) in [6.45, 7) is -0.165. The maximum atomic E-state index is 11.8. The lowest BCUT2D eigenvalue weighted by Crippen LogP contribution is -2.54. The standard InChI is InChI=1S/C14H13N5O4/c15-7-10-3-1-9(2-4-10)5-14(12(20)21)6-11(17-18-16)8-19(14)13(22)23/h1-4,11H,5-6,8H2,(H,20,21)(H,22,23)/t11-,14+/m1/s1. The normalized spacial score (nSPS) is 22.9. The van der Waals surface area contributed by atoms with Crippen LogP contribution in [-0.4, -0.2) is 45.3 Å². The minimum atomic E-state index is -1.70. The summed E-state index contributed by atoms with van der Waals surface area (Å²) in [5.41, 5.74) is 7.83. The lowest BCUT2D eigenvalue weighted by atomic mass is 9.87. The average Bonchev–Trinajstić information content (AvgIpc) is 2.88. The van der Waals surface area contributed by atoms with Crippen LogP contribution in [-0.2, 0) is 11.2 Å². The summed E-state index contributed by atoms with van der Waals surface area (Å²) in [6.07, 6.45) is -1.55. The Kier molecular flexibility index (Phi) is 4.39. The number of amides is 1. The summed E-state index contributed by atoms with van der Waals surface area (Å²) in [4.78, 5) is 26.7. The Morgan fingerprint density at radius 1 is 1.43 bits per heavy atom. The van der Waals surface area contributed by atoms with E-state index in [4.69, 9.17) is 10.8 Å². The molecule has 1 amide bonds. The first-order chi connectivity index (χ1) is 10.9. The van der Waals surface area contributed by atoms with E-state index >= 15 is 0 Å². The van der Waals surface area contributed by atoms with E-state index in [2.05, 4.69) is 10.0 Å². The van der Waals surface area contributed by atoms with Crippen molar-refractivity contribution >= 4 is 12.1 Å². The molecule has 2 rings (SSSR count). The third kappa shape index (κ3) is 3.02. The Balaban J connectivity index is 2.40. The highest BCUT2D eigenvalue weighted by Crippen LogP contribution is 2.35. The van der Waals surface area contributed by atoms with E-state index in [0.29, 0.717) is 11.1 Å². The van der Waals surface area contributed by atoms with Crippen molar-refractivity contribution in [2.24, 2.45) is 5.11 Å². The molecule has 1 aliphatic heterocycles. The van der Waals surface area contributed by atoms with Gasteiger partial charge in [-0.2, -0.15) is 5.26 Å². The van der Waals surface area contributed by atoms with Gasteiger partial charge in [-0.1, -0.05) is 17.2 Å². The van der Waals surface area contributed by atoms with Gasteiger partial charge in [0.1, 0.15) is 5.54 Å². The van der Waals surface area contributed by atoms with Gasteiger partial charge in [0.2, 0.25) is 0 Å². The molecular weight excluding hydrogens is 302 g/mol. The maximum absolute atomic E-state index is 11.8. The Morgan fingerprint density at radius 2 is 2.09 bits per heavy atom. The minimum absolute atomic E-state index is 0.0716. The number of benzene rings is 1. The molecule has 2 atom stereocenters. The minimum Gasteiger partial charge on any atom is -0.479 e. The van der Waals surface area contributed by atoms with Crippen LogP contribution in [0.25, 0.3) is 10.4 Å². The van der Waals surface area contributed by atoms with Crippen molar-refractivity contribution in [2.45, 2.75) is 24.4 Å². The van der Waals surface area contributed by atoms with Crippen LogP contribution < -0.4 is 0 Å². The van der Waals surface area contributed by atoms with Crippen LogP contribution in [0.1, 0.15) is 17.5 Å². The zero-order valence-corrected chi connectivity index (χ0v) is 12.0. The van der Waals surface area contributed by atoms with Gasteiger partial charge < -0.3 is 10.2 Å². The van der Waals surface area contributed by atoms with Crippen LogP contribution >= 0.6 is 0 Å². The third-order valence-electron chi connectivity index (χ3n) is 3.91. The second kappa shape index (κ2) is 6.25. The second-order valence-corrected chi connectivity index (χ2v) is 5.28. The summed E-state index contributed by atoms with van der Waals surface area (Å²) >= 11 is 0. The molecule has 23 heavy (non-hydrogen) atoms. The summed E-state index contributed by atoms with van der Waals surface area (Å²) < 4.78 is 0. The first-order valence-corrected chi connectivity index (χ1v) is 6.70. The number of aliphatic carboxylic acids is 1. The van der Waals surface area contributed by atoms with Crippen molar-refractivity contribution in [2.75, 3.05) is 6.54 Å². The molecule has 1 aliphatic rings. The van der Waals surface area contributed by atoms with Crippen LogP contribution in [0.5, 0.6) is 0 Å². The molecule has 118 valence electrons. The van der Waals surface area contributed by atoms with Gasteiger partial charge in [-0.15, -0.1) is 0 Å². The van der Waals surface area contributed by atoms with Crippen molar-refractivity contribution in [1.82, 2.24) is 4.90 Å². The van der Waals surface area contributed by atoms with Gasteiger partial charge >= 0.3 is 12.1 Å². The fourth-order valence-corrected chi connectivity index (χ4v) is 2.84. The summed E-state index contributed by atoms with van der Waals surface area (Å²) in [5.74, 6) is -1.29. The lowest BCUT2D eigenvalue weighted by Gasteiger charge is -2.32. The molecule has 0 aliphatic carbocycles. The van der Waals surface area contributed by atoms with Gasteiger partial charge in [-0.05, 0) is 29.6 Å². The Labute approximate surface area is 131 Å². The summed E-state index contributed by atoms with van der Waals surface area (Å²) in [6, 6.07) is 7.47. The second-order valence-electron chi connectivity index (χ2n) is 5.28. The van der Waals surface area contributed by atoms with E-state index in [-0.39, 0.29) is 19.4 Å². The molecule has 0 unspecified atom stereocenters. The van der Waals surface area contributed by atoms with Gasteiger partial charge in [-0.25, -0.2) is 9.59 Å². The van der Waals surface area contributed by atoms with E-state index < -0.39 is 23.6 Å². The van der Waals surface area contributed by atoms with Gasteiger partial charge in [0.05, 0.1) is 17.7 Å². The number of carboxylic acid groups (broad SMARTS) is 2. The van der Waals surface area contributed by atoms with Gasteiger partial charge in [0, 0.05) is 17.9 Å². The predicted octanol–water partition coefficient (Wildman–Crippen LogP) is 1.99. The third-order valence-corrected chi connectivity index (χ3v) is 3.91. The highest BCUT2D eigenvalue weighted by Gasteiger charge is 2.53. The SMILES string of the molecule is N#Cc1ccc(C[C@@]2(C(=O)O)C[C@@H](N=[N+]=[N-])CN2C(=O)O)cc1. The molecule has 0 aromatic heterocycles. The highest BCUT2D eigenvalue weighted by atomic mass is 16.4. The summed E-state index contributed by atoms with van der Waals surface area (Å²) in [7, 11) is 0. The first-order valence-electron chi connectivity index (χ1n) is 6.70. The number of rotatable bonds is 4. The number of nitriles is 1. The highest BCUT2D eigenvalue weighted by molar-refractivity contribution is 5.85. The van der Waals surface area contributed by atoms with Crippen molar-refractivity contribution in [3.63, 3.8) is 0 Å². The van der Waals surface area contributed by atoms with Gasteiger partial charge in [0.15, 0.2) is 0 Å². The van der Waals surface area contributed by atoms with E-state index in [1.165, 1.54) is 12.1 Å². The lowest BCUT2D eigenvalue weighted by molar-refractivity contribution is -0.148. The first kappa shape index (κ1) is 16.1.